The van der Waals surface area contributed by atoms with Crippen LogP contribution < -0.4 is 5.32 Å². The number of nitrogens with one attached hydrogen (secondary N) is 1. The first-order chi connectivity index (χ1) is 7.79. The molecule has 17 heavy (non-hydrogen) atoms. The first kappa shape index (κ1) is 14.5. The van der Waals surface area contributed by atoms with E-state index in [9.17, 15) is 5.11 Å². The van der Waals surface area contributed by atoms with Gasteiger partial charge in [0.15, 0.2) is 0 Å². The van der Waals surface area contributed by atoms with E-state index in [2.05, 4.69) is 18.3 Å². The summed E-state index contributed by atoms with van der Waals surface area (Å²) in [4.78, 5) is 0. The van der Waals surface area contributed by atoms with Crippen LogP contribution in [0.15, 0.2) is 18.2 Å². The second kappa shape index (κ2) is 7.02. The van der Waals surface area contributed by atoms with Gasteiger partial charge >= 0.3 is 0 Å². The lowest BCUT2D eigenvalue weighted by atomic mass is 9.88. The smallest absolute Gasteiger partial charge is 0.115 e. The summed E-state index contributed by atoms with van der Waals surface area (Å²) in [6.07, 6.45) is 5.91. The molecule has 0 saturated carbocycles. The van der Waals surface area contributed by atoms with Crippen molar-refractivity contribution < 1.29 is 5.11 Å². The molecule has 1 aromatic carbocycles. The summed E-state index contributed by atoms with van der Waals surface area (Å²) in [7, 11) is 0. The van der Waals surface area contributed by atoms with Crippen LogP contribution in [0.2, 0.25) is 0 Å². The number of unbranched alkanes of at least 4 members (excludes halogenated alkanes) is 1. The predicted octanol–water partition coefficient (Wildman–Crippen LogP) is 3.22. The minimum atomic E-state index is 0. The summed E-state index contributed by atoms with van der Waals surface area (Å²) < 4.78 is 0. The minimum absolute atomic E-state index is 0. The Kier molecular flexibility index (Phi) is 6.00. The number of fused-ring (bicyclic) bond motifs is 1. The Morgan fingerprint density at radius 2 is 2.18 bits per heavy atom. The molecule has 0 aromatic heterocycles. The first-order valence-electron chi connectivity index (χ1n) is 6.33. The molecule has 0 fully saturated rings. The molecule has 1 aliphatic rings. The third kappa shape index (κ3) is 4.00. The maximum absolute atomic E-state index is 9.41. The largest absolute Gasteiger partial charge is 0.508 e. The lowest BCUT2D eigenvalue weighted by molar-refractivity contribution is 0.447. The summed E-state index contributed by atoms with van der Waals surface area (Å²) in [6, 6.07) is 6.41. The van der Waals surface area contributed by atoms with Crippen LogP contribution in [-0.4, -0.2) is 17.7 Å². The molecule has 0 radical (unpaired) electrons. The van der Waals surface area contributed by atoms with Gasteiger partial charge < -0.3 is 10.4 Å². The zero-order chi connectivity index (χ0) is 11.4. The molecule has 0 spiro atoms. The van der Waals surface area contributed by atoms with Crippen LogP contribution >= 0.6 is 17.0 Å². The number of aryl methyl sites for hydroxylation is 1. The molecule has 2 N–H and O–H groups in total. The van der Waals surface area contributed by atoms with E-state index in [4.69, 9.17) is 0 Å². The molecule has 0 saturated heterocycles. The van der Waals surface area contributed by atoms with Gasteiger partial charge in [0.1, 0.15) is 5.75 Å². The minimum Gasteiger partial charge on any atom is -0.508 e. The van der Waals surface area contributed by atoms with Gasteiger partial charge in [-0.1, -0.05) is 19.4 Å². The number of halogens is 1. The highest BCUT2D eigenvalue weighted by molar-refractivity contribution is 8.93. The Labute approximate surface area is 114 Å². The van der Waals surface area contributed by atoms with Gasteiger partial charge in [-0.15, -0.1) is 17.0 Å². The monoisotopic (exact) mass is 299 g/mol. The lowest BCUT2D eigenvalue weighted by Crippen LogP contribution is -2.35. The highest BCUT2D eigenvalue weighted by atomic mass is 79.9. The van der Waals surface area contributed by atoms with Crippen LogP contribution in [0, 0.1) is 0 Å². The summed E-state index contributed by atoms with van der Waals surface area (Å²) in [6.45, 7) is 3.36. The van der Waals surface area contributed by atoms with Crippen molar-refractivity contribution >= 4 is 17.0 Å². The van der Waals surface area contributed by atoms with Gasteiger partial charge in [-0.2, -0.15) is 0 Å². The molecule has 1 atom stereocenters. The van der Waals surface area contributed by atoms with Crippen molar-refractivity contribution in [3.05, 3.63) is 29.3 Å². The zero-order valence-electron chi connectivity index (χ0n) is 10.4. The van der Waals surface area contributed by atoms with E-state index >= 15 is 0 Å². The van der Waals surface area contributed by atoms with Crippen LogP contribution in [0.25, 0.3) is 0 Å². The Morgan fingerprint density at radius 3 is 2.94 bits per heavy atom. The van der Waals surface area contributed by atoms with Crippen molar-refractivity contribution in [2.24, 2.45) is 0 Å². The van der Waals surface area contributed by atoms with Gasteiger partial charge in [-0.05, 0) is 55.5 Å². The first-order valence-corrected chi connectivity index (χ1v) is 6.33. The molecule has 3 heteroatoms. The van der Waals surface area contributed by atoms with Gasteiger partial charge in [0.25, 0.3) is 0 Å². The number of benzene rings is 1. The van der Waals surface area contributed by atoms with E-state index in [0.29, 0.717) is 11.8 Å². The number of rotatable bonds is 4. The van der Waals surface area contributed by atoms with Crippen LogP contribution in [0.3, 0.4) is 0 Å². The molecule has 0 aliphatic heterocycles. The Balaban J connectivity index is 0.00000144. The Hall–Kier alpha value is -0.540. The summed E-state index contributed by atoms with van der Waals surface area (Å²) >= 11 is 0. The van der Waals surface area contributed by atoms with Crippen LogP contribution in [0.4, 0.5) is 0 Å². The number of hydrogen-bond donors (Lipinski definition) is 2. The number of phenolic OH excluding ortho intramolecular Hbond substituents is 1. The van der Waals surface area contributed by atoms with Crippen molar-refractivity contribution in [2.45, 2.75) is 45.1 Å². The molecular formula is C14H22BrNO. The highest BCUT2D eigenvalue weighted by Crippen LogP contribution is 2.24. The SMILES string of the molecule is Br.CCCCNC1CCc2cc(O)ccc2C1. The molecule has 1 unspecified atom stereocenters. The van der Waals surface area contributed by atoms with Crippen molar-refractivity contribution in [1.29, 1.82) is 0 Å². The molecule has 1 aromatic rings. The fourth-order valence-corrected chi connectivity index (χ4v) is 2.40. The fraction of sp³-hybridized carbons (Fsp3) is 0.571. The normalized spacial score (nSPS) is 18.3. The van der Waals surface area contributed by atoms with Crippen LogP contribution in [-0.2, 0) is 12.8 Å². The fourth-order valence-electron chi connectivity index (χ4n) is 2.40. The predicted molar refractivity (Wildman–Crippen MR) is 77.2 cm³/mol. The number of phenols is 1. The van der Waals surface area contributed by atoms with Gasteiger partial charge in [-0.25, -0.2) is 0 Å². The van der Waals surface area contributed by atoms with Crippen molar-refractivity contribution in [1.82, 2.24) is 5.32 Å². The lowest BCUT2D eigenvalue weighted by Gasteiger charge is -2.25. The van der Waals surface area contributed by atoms with Crippen LogP contribution in [0.5, 0.6) is 5.75 Å². The second-order valence-corrected chi connectivity index (χ2v) is 4.70. The van der Waals surface area contributed by atoms with Crippen molar-refractivity contribution in [2.75, 3.05) is 6.54 Å². The van der Waals surface area contributed by atoms with E-state index < -0.39 is 0 Å². The maximum atomic E-state index is 9.41. The van der Waals surface area contributed by atoms with Gasteiger partial charge in [0.05, 0.1) is 0 Å². The van der Waals surface area contributed by atoms with E-state index in [1.807, 2.05) is 6.07 Å². The molecule has 2 rings (SSSR count). The highest BCUT2D eigenvalue weighted by Gasteiger charge is 2.17. The van der Waals surface area contributed by atoms with Crippen molar-refractivity contribution in [3.63, 3.8) is 0 Å². The molecule has 1 aliphatic carbocycles. The van der Waals surface area contributed by atoms with Crippen molar-refractivity contribution in [3.8, 4) is 5.75 Å². The molecule has 0 bridgehead atoms. The molecule has 0 heterocycles. The standard InChI is InChI=1S/C14H21NO.BrH/c1-2-3-8-15-13-6-4-12-10-14(16)7-5-11(12)9-13;/h5,7,10,13,15-16H,2-4,6,8-9H2,1H3;1H. The van der Waals surface area contributed by atoms with E-state index in [1.165, 1.54) is 30.4 Å². The Bertz CT molecular complexity index is 354. The second-order valence-electron chi connectivity index (χ2n) is 4.70. The maximum Gasteiger partial charge on any atom is 0.115 e. The average molecular weight is 300 g/mol. The van der Waals surface area contributed by atoms with Crippen LogP contribution in [0.1, 0.15) is 37.3 Å². The third-order valence-corrected chi connectivity index (χ3v) is 3.38. The molecule has 96 valence electrons. The zero-order valence-corrected chi connectivity index (χ0v) is 12.1. The Morgan fingerprint density at radius 1 is 1.35 bits per heavy atom. The topological polar surface area (TPSA) is 32.3 Å². The van der Waals surface area contributed by atoms with Gasteiger partial charge in [-0.3, -0.25) is 0 Å². The number of hydrogen-bond acceptors (Lipinski definition) is 2. The quantitative estimate of drug-likeness (QED) is 0.837. The molecule has 2 nitrogen and oxygen atoms in total. The van der Waals surface area contributed by atoms with E-state index in [-0.39, 0.29) is 17.0 Å². The number of aromatic hydroxyl groups is 1. The summed E-state index contributed by atoms with van der Waals surface area (Å²) in [5.74, 6) is 0.399. The third-order valence-electron chi connectivity index (χ3n) is 3.38. The van der Waals surface area contributed by atoms with Gasteiger partial charge in [0, 0.05) is 6.04 Å². The summed E-state index contributed by atoms with van der Waals surface area (Å²) in [5.41, 5.74) is 2.73. The van der Waals surface area contributed by atoms with E-state index in [0.717, 1.165) is 19.4 Å². The average Bonchev–Trinajstić information content (AvgIpc) is 2.29. The van der Waals surface area contributed by atoms with Gasteiger partial charge in [0.2, 0.25) is 0 Å². The van der Waals surface area contributed by atoms with E-state index in [1.54, 1.807) is 6.07 Å². The molecular weight excluding hydrogens is 278 g/mol. The summed E-state index contributed by atoms with van der Waals surface area (Å²) in [5, 5.41) is 13.0. The molecule has 0 amide bonds.